The molecule has 9 nitrogen and oxygen atoms in total. The minimum absolute atomic E-state index is 0.0229. The monoisotopic (exact) mass is 465 g/mol. The first-order valence-electron chi connectivity index (χ1n) is 11.9. The van der Waals surface area contributed by atoms with Gasteiger partial charge in [-0.15, -0.1) is 6.58 Å². The van der Waals surface area contributed by atoms with Crippen molar-refractivity contribution in [1.29, 1.82) is 0 Å². The van der Waals surface area contributed by atoms with Crippen molar-refractivity contribution in [2.24, 2.45) is 11.3 Å². The number of carbonyl (C=O) groups excluding carboxylic acids is 3. The van der Waals surface area contributed by atoms with E-state index in [4.69, 9.17) is 4.74 Å². The molecule has 33 heavy (non-hydrogen) atoms. The van der Waals surface area contributed by atoms with Crippen molar-refractivity contribution in [1.82, 2.24) is 15.5 Å². The summed E-state index contributed by atoms with van der Waals surface area (Å²) in [4.78, 5) is 51.9. The van der Waals surface area contributed by atoms with E-state index in [1.807, 2.05) is 20.8 Å². The van der Waals surface area contributed by atoms with Crippen LogP contribution >= 0.6 is 0 Å². The number of carboxylic acid groups (broad SMARTS) is 1. The van der Waals surface area contributed by atoms with Gasteiger partial charge in [0.2, 0.25) is 11.8 Å². The van der Waals surface area contributed by atoms with E-state index in [2.05, 4.69) is 17.2 Å². The van der Waals surface area contributed by atoms with Crippen molar-refractivity contribution in [3.63, 3.8) is 0 Å². The summed E-state index contributed by atoms with van der Waals surface area (Å²) < 4.78 is 5.35. The number of amides is 3. The minimum Gasteiger partial charge on any atom is -0.480 e. The van der Waals surface area contributed by atoms with Gasteiger partial charge in [-0.25, -0.2) is 9.59 Å². The van der Waals surface area contributed by atoms with Crippen LogP contribution in [0.3, 0.4) is 0 Å². The van der Waals surface area contributed by atoms with Gasteiger partial charge in [0.05, 0.1) is 6.61 Å². The van der Waals surface area contributed by atoms with Crippen LogP contribution in [-0.4, -0.2) is 65.2 Å². The van der Waals surface area contributed by atoms with Crippen LogP contribution in [0.15, 0.2) is 12.7 Å². The highest BCUT2D eigenvalue weighted by molar-refractivity contribution is 5.93. The molecule has 3 amide bonds. The molecule has 0 spiro atoms. The standard InChI is InChI=1S/C24H39N3O6/c1-5-10-17(22(30)31)25-20(28)18-13-9-14-27(18)21(29)19(16-11-7-6-8-12-16)26-23(32)33-15-24(2,3)4/h5,16-19H,1,6-15H2,2-4H3,(H,25,28)(H,26,32)(H,30,31). The number of hydrogen-bond acceptors (Lipinski definition) is 5. The Balaban J connectivity index is 2.14. The molecule has 2 fully saturated rings. The predicted octanol–water partition coefficient (Wildman–Crippen LogP) is 2.84. The summed E-state index contributed by atoms with van der Waals surface area (Å²) in [7, 11) is 0. The first kappa shape index (κ1) is 26.7. The Kier molecular flexibility index (Phi) is 9.73. The highest BCUT2D eigenvalue weighted by atomic mass is 16.5. The molecule has 3 N–H and O–H groups in total. The lowest BCUT2D eigenvalue weighted by molar-refractivity contribution is -0.144. The quantitative estimate of drug-likeness (QED) is 0.450. The van der Waals surface area contributed by atoms with E-state index in [0.717, 1.165) is 32.1 Å². The molecule has 0 aromatic rings. The van der Waals surface area contributed by atoms with Crippen LogP contribution in [0.25, 0.3) is 0 Å². The summed E-state index contributed by atoms with van der Waals surface area (Å²) in [6.45, 7) is 10.00. The number of aliphatic carboxylic acids is 1. The number of hydrogen-bond donors (Lipinski definition) is 3. The summed E-state index contributed by atoms with van der Waals surface area (Å²) >= 11 is 0. The van der Waals surface area contributed by atoms with Crippen molar-refractivity contribution < 1.29 is 29.0 Å². The third kappa shape index (κ3) is 8.05. The minimum atomic E-state index is -1.15. The first-order chi connectivity index (χ1) is 15.5. The molecular formula is C24H39N3O6. The van der Waals surface area contributed by atoms with Gasteiger partial charge in [-0.1, -0.05) is 46.1 Å². The van der Waals surface area contributed by atoms with Gasteiger partial charge in [0.15, 0.2) is 0 Å². The molecule has 1 heterocycles. The van der Waals surface area contributed by atoms with Crippen LogP contribution in [0.4, 0.5) is 4.79 Å². The number of carbonyl (C=O) groups is 4. The first-order valence-corrected chi connectivity index (χ1v) is 11.9. The van der Waals surface area contributed by atoms with Crippen molar-refractivity contribution >= 4 is 23.9 Å². The summed E-state index contributed by atoms with van der Waals surface area (Å²) in [5, 5.41) is 14.6. The van der Waals surface area contributed by atoms with Crippen molar-refractivity contribution in [3.05, 3.63) is 12.7 Å². The number of likely N-dealkylation sites (tertiary alicyclic amines) is 1. The summed E-state index contributed by atoms with van der Waals surface area (Å²) in [6, 6.07) is -2.62. The number of carboxylic acids is 1. The maximum absolute atomic E-state index is 13.6. The molecule has 1 aliphatic carbocycles. The highest BCUT2D eigenvalue weighted by Crippen LogP contribution is 2.29. The maximum atomic E-state index is 13.6. The van der Waals surface area contributed by atoms with Gasteiger partial charge in [0, 0.05) is 6.54 Å². The van der Waals surface area contributed by atoms with E-state index in [9.17, 15) is 24.3 Å². The molecule has 1 saturated heterocycles. The molecule has 1 aliphatic heterocycles. The molecule has 3 atom stereocenters. The van der Waals surface area contributed by atoms with Crippen LogP contribution < -0.4 is 10.6 Å². The summed E-state index contributed by atoms with van der Waals surface area (Å²) in [5.74, 6) is -1.97. The fourth-order valence-corrected chi connectivity index (χ4v) is 4.44. The van der Waals surface area contributed by atoms with Crippen molar-refractivity contribution in [3.8, 4) is 0 Å². The molecule has 2 rings (SSSR count). The molecule has 2 aliphatic rings. The summed E-state index contributed by atoms with van der Waals surface area (Å²) in [6.07, 6.45) is 6.68. The molecule has 3 unspecified atom stereocenters. The molecule has 0 radical (unpaired) electrons. The van der Waals surface area contributed by atoms with Crippen LogP contribution in [0, 0.1) is 11.3 Å². The number of nitrogens with one attached hydrogen (secondary N) is 2. The van der Waals surface area contributed by atoms with Gasteiger partial charge in [0.1, 0.15) is 18.1 Å². The Labute approximate surface area is 196 Å². The average Bonchev–Trinajstić information content (AvgIpc) is 3.25. The Morgan fingerprint density at radius 2 is 1.76 bits per heavy atom. The van der Waals surface area contributed by atoms with E-state index < -0.39 is 36.1 Å². The van der Waals surface area contributed by atoms with Crippen LogP contribution in [0.1, 0.15) is 72.1 Å². The van der Waals surface area contributed by atoms with Gasteiger partial charge in [-0.3, -0.25) is 9.59 Å². The smallest absolute Gasteiger partial charge is 0.407 e. The molecule has 1 saturated carbocycles. The van der Waals surface area contributed by atoms with E-state index in [-0.39, 0.29) is 30.3 Å². The largest absolute Gasteiger partial charge is 0.480 e. The second-order valence-electron chi connectivity index (χ2n) is 10.3. The van der Waals surface area contributed by atoms with E-state index in [0.29, 0.717) is 19.4 Å². The Morgan fingerprint density at radius 1 is 1.09 bits per heavy atom. The predicted molar refractivity (Wildman–Crippen MR) is 123 cm³/mol. The van der Waals surface area contributed by atoms with Crippen molar-refractivity contribution in [2.45, 2.75) is 90.3 Å². The molecular weight excluding hydrogens is 426 g/mol. The van der Waals surface area contributed by atoms with E-state index in [1.54, 1.807) is 0 Å². The average molecular weight is 466 g/mol. The lowest BCUT2D eigenvalue weighted by atomic mass is 9.83. The van der Waals surface area contributed by atoms with E-state index in [1.165, 1.54) is 11.0 Å². The zero-order valence-electron chi connectivity index (χ0n) is 20.1. The number of alkyl carbamates (subject to hydrolysis) is 1. The second kappa shape index (κ2) is 12.0. The number of rotatable bonds is 9. The third-order valence-electron chi connectivity index (χ3n) is 6.15. The zero-order valence-corrected chi connectivity index (χ0v) is 20.1. The summed E-state index contributed by atoms with van der Waals surface area (Å²) in [5.41, 5.74) is -0.202. The van der Waals surface area contributed by atoms with Crippen molar-refractivity contribution in [2.75, 3.05) is 13.2 Å². The molecule has 186 valence electrons. The van der Waals surface area contributed by atoms with Gasteiger partial charge in [-0.2, -0.15) is 0 Å². The fourth-order valence-electron chi connectivity index (χ4n) is 4.44. The lowest BCUT2D eigenvalue weighted by Crippen LogP contribution is -2.57. The van der Waals surface area contributed by atoms with Crippen LogP contribution in [-0.2, 0) is 19.1 Å². The molecule has 0 aromatic carbocycles. The highest BCUT2D eigenvalue weighted by Gasteiger charge is 2.41. The SMILES string of the molecule is C=CCC(NC(=O)C1CCCN1C(=O)C(NC(=O)OCC(C)(C)C)C1CCCCC1)C(=O)O. The fraction of sp³-hybridized carbons (Fsp3) is 0.750. The molecule has 0 bridgehead atoms. The molecule has 9 heteroatoms. The Bertz CT molecular complexity index is 726. The van der Waals surface area contributed by atoms with Gasteiger partial charge in [0.25, 0.3) is 0 Å². The normalized spacial score (nSPS) is 21.1. The van der Waals surface area contributed by atoms with Gasteiger partial charge < -0.3 is 25.4 Å². The zero-order chi connectivity index (χ0) is 24.6. The van der Waals surface area contributed by atoms with Crippen LogP contribution in [0.2, 0.25) is 0 Å². The van der Waals surface area contributed by atoms with E-state index >= 15 is 0 Å². The number of nitrogens with zero attached hydrogens (tertiary/aromatic N) is 1. The number of ether oxygens (including phenoxy) is 1. The third-order valence-corrected chi connectivity index (χ3v) is 6.15. The van der Waals surface area contributed by atoms with Crippen LogP contribution in [0.5, 0.6) is 0 Å². The van der Waals surface area contributed by atoms with Gasteiger partial charge >= 0.3 is 12.1 Å². The maximum Gasteiger partial charge on any atom is 0.407 e. The Hall–Kier alpha value is -2.58. The molecule has 0 aromatic heterocycles. The topological polar surface area (TPSA) is 125 Å². The lowest BCUT2D eigenvalue weighted by Gasteiger charge is -2.34. The van der Waals surface area contributed by atoms with Gasteiger partial charge in [-0.05, 0) is 43.4 Å². The Morgan fingerprint density at radius 3 is 2.33 bits per heavy atom. The second-order valence-corrected chi connectivity index (χ2v) is 10.3.